The Morgan fingerprint density at radius 3 is 2.91 bits per heavy atom. The number of halogens is 1. The molecule has 1 saturated heterocycles. The summed E-state index contributed by atoms with van der Waals surface area (Å²) in [5.41, 5.74) is 1.16. The van der Waals surface area contributed by atoms with Crippen LogP contribution in [-0.2, 0) is 12.0 Å². The molecule has 3 heterocycles. The average Bonchev–Trinajstić information content (AvgIpc) is 3.17. The van der Waals surface area contributed by atoms with Gasteiger partial charge in [0, 0.05) is 25.2 Å². The lowest BCUT2D eigenvalue weighted by molar-refractivity contribution is 0.0492. The van der Waals surface area contributed by atoms with Crippen LogP contribution >= 0.6 is 0 Å². The summed E-state index contributed by atoms with van der Waals surface area (Å²) in [4.78, 5) is 2.19. The molecule has 0 amide bonds. The number of hydrogen-bond acceptors (Lipinski definition) is 7. The summed E-state index contributed by atoms with van der Waals surface area (Å²) >= 11 is 0. The number of aromatic nitrogens is 4. The topological polar surface area (TPSA) is 81.1 Å². The first-order valence-electron chi connectivity index (χ1n) is 7.21. The molecule has 2 aromatic heterocycles. The van der Waals surface area contributed by atoms with Crippen molar-refractivity contribution in [3.05, 3.63) is 47.9 Å². The first-order chi connectivity index (χ1) is 11.1. The van der Waals surface area contributed by atoms with Crippen LogP contribution in [0.4, 0.5) is 4.39 Å². The summed E-state index contributed by atoms with van der Waals surface area (Å²) in [6.07, 6.45) is 1.60. The van der Waals surface area contributed by atoms with Crippen molar-refractivity contribution < 1.29 is 13.4 Å². The number of rotatable bonds is 4. The van der Waals surface area contributed by atoms with Gasteiger partial charge in [-0.2, -0.15) is 0 Å². The number of benzene rings is 1. The summed E-state index contributed by atoms with van der Waals surface area (Å²) in [7, 11) is 0. The van der Waals surface area contributed by atoms with Crippen molar-refractivity contribution in [3.8, 4) is 11.5 Å². The van der Waals surface area contributed by atoms with E-state index in [9.17, 15) is 4.39 Å². The van der Waals surface area contributed by atoms with E-state index in [4.69, 9.17) is 4.42 Å². The lowest BCUT2D eigenvalue weighted by Gasteiger charge is -2.45. The molecule has 8 heteroatoms. The highest BCUT2D eigenvalue weighted by Crippen LogP contribution is 2.35. The zero-order valence-electron chi connectivity index (χ0n) is 12.4. The highest BCUT2D eigenvalue weighted by atomic mass is 19.1. The van der Waals surface area contributed by atoms with Gasteiger partial charge in [-0.25, -0.2) is 9.02 Å². The number of nitrogens with zero attached hydrogens (tertiary/aromatic N) is 5. The van der Waals surface area contributed by atoms with E-state index in [1.54, 1.807) is 18.3 Å². The number of likely N-dealkylation sites (tertiary alicyclic amines) is 1. The van der Waals surface area contributed by atoms with Crippen LogP contribution in [0.25, 0.3) is 11.5 Å². The lowest BCUT2D eigenvalue weighted by Crippen LogP contribution is -2.57. The predicted molar refractivity (Wildman–Crippen MR) is 76.6 cm³/mol. The SMILES string of the molecule is CC1(c2nnc(-c3cccc(F)c3)o2)CN(Cc2cnon2)C1. The van der Waals surface area contributed by atoms with E-state index in [1.807, 2.05) is 0 Å². The molecule has 118 valence electrons. The molecule has 0 unspecified atom stereocenters. The van der Waals surface area contributed by atoms with Gasteiger partial charge in [0.15, 0.2) is 0 Å². The van der Waals surface area contributed by atoms with Crippen LogP contribution in [0.3, 0.4) is 0 Å². The summed E-state index contributed by atoms with van der Waals surface area (Å²) in [6, 6.07) is 6.12. The van der Waals surface area contributed by atoms with Crippen molar-refractivity contribution in [2.45, 2.75) is 18.9 Å². The van der Waals surface area contributed by atoms with Gasteiger partial charge in [0.25, 0.3) is 0 Å². The maximum absolute atomic E-state index is 13.3. The molecule has 0 radical (unpaired) electrons. The molecule has 0 atom stereocenters. The Kier molecular flexibility index (Phi) is 3.19. The highest BCUT2D eigenvalue weighted by molar-refractivity contribution is 5.52. The molecule has 1 aliphatic rings. The minimum atomic E-state index is -0.329. The first kappa shape index (κ1) is 14.0. The molecule has 0 N–H and O–H groups in total. The third-order valence-electron chi connectivity index (χ3n) is 3.95. The van der Waals surface area contributed by atoms with E-state index < -0.39 is 0 Å². The van der Waals surface area contributed by atoms with Gasteiger partial charge in [0.2, 0.25) is 11.8 Å². The van der Waals surface area contributed by atoms with E-state index in [-0.39, 0.29) is 11.2 Å². The van der Waals surface area contributed by atoms with E-state index in [0.29, 0.717) is 23.9 Å². The second-order valence-corrected chi connectivity index (χ2v) is 6.03. The van der Waals surface area contributed by atoms with Crippen LogP contribution in [0, 0.1) is 5.82 Å². The van der Waals surface area contributed by atoms with E-state index in [2.05, 4.69) is 37.0 Å². The fourth-order valence-corrected chi connectivity index (χ4v) is 2.88. The molecule has 1 fully saturated rings. The molecule has 3 aromatic rings. The second-order valence-electron chi connectivity index (χ2n) is 6.03. The molecule has 0 bridgehead atoms. The lowest BCUT2D eigenvalue weighted by atomic mass is 9.82. The minimum absolute atomic E-state index is 0.213. The third-order valence-corrected chi connectivity index (χ3v) is 3.95. The average molecular weight is 315 g/mol. The van der Waals surface area contributed by atoms with Gasteiger partial charge in [-0.3, -0.25) is 4.90 Å². The standard InChI is InChI=1S/C15H14FN5O2/c1-15(8-21(9-15)7-12-6-17-23-20-12)14-19-18-13(22-14)10-3-2-4-11(16)5-10/h2-6H,7-9H2,1H3. The summed E-state index contributed by atoms with van der Waals surface area (Å²) in [5.74, 6) is 0.565. The second kappa shape index (κ2) is 5.24. The van der Waals surface area contributed by atoms with Gasteiger partial charge >= 0.3 is 0 Å². The van der Waals surface area contributed by atoms with Gasteiger partial charge in [-0.05, 0) is 25.1 Å². The fourth-order valence-electron chi connectivity index (χ4n) is 2.88. The monoisotopic (exact) mass is 315 g/mol. The van der Waals surface area contributed by atoms with Gasteiger partial charge in [-0.1, -0.05) is 16.4 Å². The van der Waals surface area contributed by atoms with Crippen LogP contribution in [-0.4, -0.2) is 38.5 Å². The van der Waals surface area contributed by atoms with Crippen LogP contribution in [0.1, 0.15) is 18.5 Å². The van der Waals surface area contributed by atoms with Gasteiger partial charge < -0.3 is 4.42 Å². The zero-order chi connectivity index (χ0) is 15.9. The summed E-state index contributed by atoms with van der Waals surface area (Å²) in [6.45, 7) is 4.27. The Morgan fingerprint density at radius 2 is 2.17 bits per heavy atom. The maximum atomic E-state index is 13.3. The summed E-state index contributed by atoms with van der Waals surface area (Å²) in [5, 5.41) is 15.6. The Bertz CT molecular complexity index is 811. The highest BCUT2D eigenvalue weighted by Gasteiger charge is 2.44. The Labute approximate surface area is 131 Å². The molecule has 0 aliphatic carbocycles. The Hall–Kier alpha value is -2.61. The predicted octanol–water partition coefficient (Wildman–Crippen LogP) is 2.03. The number of hydrogen-bond donors (Lipinski definition) is 0. The largest absolute Gasteiger partial charge is 0.420 e. The summed E-state index contributed by atoms with van der Waals surface area (Å²) < 4.78 is 23.6. The van der Waals surface area contributed by atoms with E-state index in [0.717, 1.165) is 18.8 Å². The van der Waals surface area contributed by atoms with Crippen LogP contribution in [0.15, 0.2) is 39.5 Å². The molecule has 1 aliphatic heterocycles. The molecule has 1 aromatic carbocycles. The van der Waals surface area contributed by atoms with Gasteiger partial charge in [-0.15, -0.1) is 10.2 Å². The molecular weight excluding hydrogens is 301 g/mol. The van der Waals surface area contributed by atoms with Crippen molar-refractivity contribution in [1.82, 2.24) is 25.4 Å². The van der Waals surface area contributed by atoms with Gasteiger partial charge in [0.1, 0.15) is 11.5 Å². The van der Waals surface area contributed by atoms with E-state index in [1.165, 1.54) is 12.1 Å². The van der Waals surface area contributed by atoms with Crippen molar-refractivity contribution in [2.24, 2.45) is 0 Å². The van der Waals surface area contributed by atoms with Crippen molar-refractivity contribution >= 4 is 0 Å². The maximum Gasteiger partial charge on any atom is 0.247 e. The Morgan fingerprint density at radius 1 is 1.30 bits per heavy atom. The molecule has 7 nitrogen and oxygen atoms in total. The van der Waals surface area contributed by atoms with Crippen LogP contribution in [0.5, 0.6) is 0 Å². The molecule has 4 rings (SSSR count). The van der Waals surface area contributed by atoms with E-state index >= 15 is 0 Å². The molecular formula is C15H14FN5O2. The molecule has 23 heavy (non-hydrogen) atoms. The van der Waals surface area contributed by atoms with Crippen molar-refractivity contribution in [3.63, 3.8) is 0 Å². The third kappa shape index (κ3) is 2.61. The smallest absolute Gasteiger partial charge is 0.247 e. The fraction of sp³-hybridized carbons (Fsp3) is 0.333. The Balaban J connectivity index is 1.47. The van der Waals surface area contributed by atoms with Crippen molar-refractivity contribution in [1.29, 1.82) is 0 Å². The quantitative estimate of drug-likeness (QED) is 0.728. The normalized spacial score (nSPS) is 17.1. The van der Waals surface area contributed by atoms with Crippen molar-refractivity contribution in [2.75, 3.05) is 13.1 Å². The molecule has 0 saturated carbocycles. The van der Waals surface area contributed by atoms with Gasteiger partial charge in [0.05, 0.1) is 11.6 Å². The molecule has 0 spiro atoms. The zero-order valence-corrected chi connectivity index (χ0v) is 12.4. The minimum Gasteiger partial charge on any atom is -0.420 e. The van der Waals surface area contributed by atoms with Crippen LogP contribution in [0.2, 0.25) is 0 Å². The van der Waals surface area contributed by atoms with Crippen LogP contribution < -0.4 is 0 Å². The first-order valence-corrected chi connectivity index (χ1v) is 7.21.